The maximum absolute atomic E-state index is 12.3. The Balaban J connectivity index is 2.22. The molecule has 2 N–H and O–H groups in total. The Bertz CT molecular complexity index is 482. The van der Waals surface area contributed by atoms with Crippen LogP contribution < -0.4 is 5.73 Å². The summed E-state index contributed by atoms with van der Waals surface area (Å²) in [5, 5.41) is 0. The van der Waals surface area contributed by atoms with Crippen molar-refractivity contribution in [2.24, 2.45) is 0 Å². The number of hydrogen-bond acceptors (Lipinski definition) is 2. The molecule has 1 aromatic rings. The second-order valence-corrected chi connectivity index (χ2v) is 5.21. The monoisotopic (exact) mass is 294 g/mol. The van der Waals surface area contributed by atoms with Gasteiger partial charge in [0.05, 0.1) is 5.56 Å². The van der Waals surface area contributed by atoms with E-state index >= 15 is 0 Å². The molecule has 1 aromatic carbocycles. The van der Waals surface area contributed by atoms with E-state index in [1.165, 1.54) is 5.57 Å². The van der Waals surface area contributed by atoms with Crippen molar-refractivity contribution in [3.8, 4) is 0 Å². The number of nitrogens with two attached hydrogens (primary N) is 1. The maximum Gasteiger partial charge on any atom is 0.256 e. The van der Waals surface area contributed by atoms with E-state index in [0.29, 0.717) is 17.8 Å². The SMILES string of the molecule is CC1=CCCN(C(=O)c2ccc(Br)cc2N)C1. The summed E-state index contributed by atoms with van der Waals surface area (Å²) in [4.78, 5) is 14.1. The van der Waals surface area contributed by atoms with Crippen LogP contribution in [0.3, 0.4) is 0 Å². The lowest BCUT2D eigenvalue weighted by Gasteiger charge is -2.26. The molecule has 0 atom stereocenters. The van der Waals surface area contributed by atoms with Crippen molar-refractivity contribution in [1.82, 2.24) is 4.90 Å². The second-order valence-electron chi connectivity index (χ2n) is 4.30. The van der Waals surface area contributed by atoms with Gasteiger partial charge in [-0.05, 0) is 31.5 Å². The summed E-state index contributed by atoms with van der Waals surface area (Å²) in [6.45, 7) is 3.52. The molecule has 0 saturated heterocycles. The van der Waals surface area contributed by atoms with Gasteiger partial charge in [0.2, 0.25) is 0 Å². The molecule has 1 aliphatic rings. The zero-order valence-electron chi connectivity index (χ0n) is 9.74. The van der Waals surface area contributed by atoms with E-state index in [-0.39, 0.29) is 5.91 Å². The summed E-state index contributed by atoms with van der Waals surface area (Å²) in [6.07, 6.45) is 3.10. The number of amides is 1. The van der Waals surface area contributed by atoms with E-state index < -0.39 is 0 Å². The maximum atomic E-state index is 12.3. The van der Waals surface area contributed by atoms with Crippen molar-refractivity contribution in [2.45, 2.75) is 13.3 Å². The Kier molecular flexibility index (Phi) is 3.52. The van der Waals surface area contributed by atoms with Crippen LogP contribution in [0.15, 0.2) is 34.3 Å². The molecule has 0 radical (unpaired) electrons. The highest BCUT2D eigenvalue weighted by atomic mass is 79.9. The second kappa shape index (κ2) is 4.92. The summed E-state index contributed by atoms with van der Waals surface area (Å²) >= 11 is 3.34. The van der Waals surface area contributed by atoms with Gasteiger partial charge in [0.25, 0.3) is 5.91 Å². The number of hydrogen-bond donors (Lipinski definition) is 1. The molecule has 3 nitrogen and oxygen atoms in total. The Labute approximate surface area is 109 Å². The van der Waals surface area contributed by atoms with Crippen LogP contribution in [0.1, 0.15) is 23.7 Å². The Hall–Kier alpha value is -1.29. The van der Waals surface area contributed by atoms with Crippen LogP contribution in [0.25, 0.3) is 0 Å². The number of nitrogen functional groups attached to an aromatic ring is 1. The number of rotatable bonds is 1. The first-order valence-corrected chi connectivity index (χ1v) is 6.37. The molecule has 0 spiro atoms. The molecule has 2 rings (SSSR count). The average molecular weight is 295 g/mol. The van der Waals surface area contributed by atoms with E-state index in [0.717, 1.165) is 17.4 Å². The fraction of sp³-hybridized carbons (Fsp3) is 0.308. The van der Waals surface area contributed by atoms with Gasteiger partial charge in [-0.15, -0.1) is 0 Å². The van der Waals surface area contributed by atoms with Crippen LogP contribution in [-0.4, -0.2) is 23.9 Å². The topological polar surface area (TPSA) is 46.3 Å². The molecule has 0 saturated carbocycles. The summed E-state index contributed by atoms with van der Waals surface area (Å²) in [7, 11) is 0. The lowest BCUT2D eigenvalue weighted by molar-refractivity contribution is 0.0767. The fourth-order valence-corrected chi connectivity index (χ4v) is 2.36. The first-order chi connectivity index (χ1) is 8.08. The van der Waals surface area contributed by atoms with Gasteiger partial charge in [0.1, 0.15) is 0 Å². The standard InChI is InChI=1S/C13H15BrN2O/c1-9-3-2-6-16(8-9)13(17)11-5-4-10(14)7-12(11)15/h3-5,7H,2,6,8,15H2,1H3. The van der Waals surface area contributed by atoms with Gasteiger partial charge in [-0.25, -0.2) is 0 Å². The zero-order valence-corrected chi connectivity index (χ0v) is 11.3. The summed E-state index contributed by atoms with van der Waals surface area (Å²) in [5.74, 6) is 0.0162. The van der Waals surface area contributed by atoms with Gasteiger partial charge >= 0.3 is 0 Å². The molecular weight excluding hydrogens is 280 g/mol. The molecule has 0 aromatic heterocycles. The Morgan fingerprint density at radius 3 is 2.88 bits per heavy atom. The quantitative estimate of drug-likeness (QED) is 0.639. The smallest absolute Gasteiger partial charge is 0.256 e. The third-order valence-electron chi connectivity index (χ3n) is 2.86. The Morgan fingerprint density at radius 1 is 1.47 bits per heavy atom. The molecular formula is C13H15BrN2O. The lowest BCUT2D eigenvalue weighted by Crippen LogP contribution is -2.35. The highest BCUT2D eigenvalue weighted by Gasteiger charge is 2.19. The number of benzene rings is 1. The van der Waals surface area contributed by atoms with E-state index in [1.54, 1.807) is 12.1 Å². The van der Waals surface area contributed by atoms with Crippen LogP contribution in [-0.2, 0) is 0 Å². The minimum Gasteiger partial charge on any atom is -0.398 e. The van der Waals surface area contributed by atoms with E-state index in [2.05, 4.69) is 22.0 Å². The van der Waals surface area contributed by atoms with Crippen LogP contribution >= 0.6 is 15.9 Å². The molecule has 1 amide bonds. The highest BCUT2D eigenvalue weighted by molar-refractivity contribution is 9.10. The van der Waals surface area contributed by atoms with E-state index in [1.807, 2.05) is 17.9 Å². The first-order valence-electron chi connectivity index (χ1n) is 5.58. The number of anilines is 1. The zero-order chi connectivity index (χ0) is 12.4. The third kappa shape index (κ3) is 2.69. The van der Waals surface area contributed by atoms with Gasteiger partial charge in [0.15, 0.2) is 0 Å². The molecule has 1 heterocycles. The van der Waals surface area contributed by atoms with Gasteiger partial charge in [-0.1, -0.05) is 27.6 Å². The van der Waals surface area contributed by atoms with E-state index in [4.69, 9.17) is 5.73 Å². The molecule has 90 valence electrons. The van der Waals surface area contributed by atoms with Crippen molar-refractivity contribution in [2.75, 3.05) is 18.8 Å². The molecule has 0 aliphatic carbocycles. The molecule has 0 unspecified atom stereocenters. The van der Waals surface area contributed by atoms with Crippen LogP contribution in [0.2, 0.25) is 0 Å². The van der Waals surface area contributed by atoms with Crippen molar-refractivity contribution in [3.63, 3.8) is 0 Å². The van der Waals surface area contributed by atoms with Gasteiger partial charge in [-0.2, -0.15) is 0 Å². The van der Waals surface area contributed by atoms with Gasteiger partial charge < -0.3 is 10.6 Å². The number of nitrogens with zero attached hydrogens (tertiary/aromatic N) is 1. The predicted octanol–water partition coefficient (Wildman–Crippen LogP) is 2.82. The van der Waals surface area contributed by atoms with E-state index in [9.17, 15) is 4.79 Å². The number of carbonyl (C=O) groups excluding carboxylic acids is 1. The van der Waals surface area contributed by atoms with Crippen molar-refractivity contribution < 1.29 is 4.79 Å². The van der Waals surface area contributed by atoms with Gasteiger partial charge in [0, 0.05) is 23.2 Å². The molecule has 0 bridgehead atoms. The molecule has 17 heavy (non-hydrogen) atoms. The van der Waals surface area contributed by atoms with Crippen LogP contribution in [0.4, 0.5) is 5.69 Å². The normalized spacial score (nSPS) is 15.6. The molecule has 0 fully saturated rings. The number of carbonyl (C=O) groups is 1. The summed E-state index contributed by atoms with van der Waals surface area (Å²) in [6, 6.07) is 5.38. The average Bonchev–Trinajstić information content (AvgIpc) is 2.28. The lowest BCUT2D eigenvalue weighted by atomic mass is 10.1. The minimum atomic E-state index is 0.0162. The van der Waals surface area contributed by atoms with Gasteiger partial charge in [-0.3, -0.25) is 4.79 Å². The highest BCUT2D eigenvalue weighted by Crippen LogP contribution is 2.21. The summed E-state index contributed by atoms with van der Waals surface area (Å²) < 4.78 is 0.890. The predicted molar refractivity (Wildman–Crippen MR) is 72.8 cm³/mol. The van der Waals surface area contributed by atoms with Crippen molar-refractivity contribution >= 4 is 27.5 Å². The largest absolute Gasteiger partial charge is 0.398 e. The third-order valence-corrected chi connectivity index (χ3v) is 3.36. The van der Waals surface area contributed by atoms with Crippen molar-refractivity contribution in [3.05, 3.63) is 39.9 Å². The molecule has 1 aliphatic heterocycles. The first kappa shape index (κ1) is 12.2. The fourth-order valence-electron chi connectivity index (χ4n) is 1.98. The number of halogens is 1. The van der Waals surface area contributed by atoms with Crippen LogP contribution in [0, 0.1) is 0 Å². The van der Waals surface area contributed by atoms with Crippen molar-refractivity contribution in [1.29, 1.82) is 0 Å². The summed E-state index contributed by atoms with van der Waals surface area (Å²) in [5.41, 5.74) is 8.22. The Morgan fingerprint density at radius 2 is 2.24 bits per heavy atom. The minimum absolute atomic E-state index is 0.0162. The molecule has 4 heteroatoms. The van der Waals surface area contributed by atoms with Crippen LogP contribution in [0.5, 0.6) is 0 Å².